The lowest BCUT2D eigenvalue weighted by atomic mass is 9.49. The highest BCUT2D eigenvalue weighted by Gasteiger charge is 2.60. The molecule has 0 radical (unpaired) electrons. The van der Waals surface area contributed by atoms with Crippen LogP contribution >= 0.6 is 11.6 Å². The fourth-order valence-corrected chi connectivity index (χ4v) is 6.38. The third kappa shape index (κ3) is 2.54. The molecule has 4 fully saturated rings. The van der Waals surface area contributed by atoms with E-state index >= 15 is 0 Å². The smallest absolute Gasteiger partial charge is 0.230 e. The summed E-state index contributed by atoms with van der Waals surface area (Å²) >= 11 is 6.85. The molecule has 1 N–H and O–H groups in total. The third-order valence-electron chi connectivity index (χ3n) is 6.19. The maximum atomic E-state index is 13.2. The summed E-state index contributed by atoms with van der Waals surface area (Å²) in [5.74, 6) is 1.34. The molecule has 6 nitrogen and oxygen atoms in total. The van der Waals surface area contributed by atoms with E-state index in [0.29, 0.717) is 11.8 Å². The van der Waals surface area contributed by atoms with Crippen LogP contribution in [-0.2, 0) is 4.79 Å². The molecule has 0 spiro atoms. The molecule has 1 aromatic carbocycles. The van der Waals surface area contributed by atoms with Crippen molar-refractivity contribution in [1.29, 1.82) is 0 Å². The molecule has 7 heteroatoms. The van der Waals surface area contributed by atoms with Crippen molar-refractivity contribution in [2.75, 3.05) is 5.32 Å². The maximum Gasteiger partial charge on any atom is 0.230 e. The zero-order chi connectivity index (χ0) is 17.1. The Morgan fingerprint density at radius 3 is 2.72 bits per heavy atom. The number of halogens is 1. The first kappa shape index (κ1) is 15.3. The quantitative estimate of drug-likeness (QED) is 0.856. The van der Waals surface area contributed by atoms with E-state index in [2.05, 4.69) is 20.8 Å². The van der Waals surface area contributed by atoms with Crippen molar-refractivity contribution in [3.8, 4) is 5.69 Å². The maximum absolute atomic E-state index is 13.2. The lowest BCUT2D eigenvalue weighted by Gasteiger charge is -2.59. The normalized spacial score (nSPS) is 35.7. The van der Waals surface area contributed by atoms with Crippen molar-refractivity contribution in [2.24, 2.45) is 17.3 Å². The summed E-state index contributed by atoms with van der Waals surface area (Å²) in [6, 6.07) is 7.60. The highest BCUT2D eigenvalue weighted by atomic mass is 35.5. The van der Waals surface area contributed by atoms with Gasteiger partial charge in [-0.05, 0) is 79.0 Å². The monoisotopic (exact) mass is 357 g/mol. The van der Waals surface area contributed by atoms with Gasteiger partial charge >= 0.3 is 0 Å². The van der Waals surface area contributed by atoms with Crippen LogP contribution in [0.3, 0.4) is 0 Å². The van der Waals surface area contributed by atoms with Gasteiger partial charge in [0, 0.05) is 10.6 Å². The molecule has 4 saturated carbocycles. The molecular weight excluding hydrogens is 338 g/mol. The number of carbonyl (C=O) groups is 1. The van der Waals surface area contributed by atoms with E-state index in [1.165, 1.54) is 12.7 Å². The van der Waals surface area contributed by atoms with Crippen molar-refractivity contribution in [1.82, 2.24) is 20.2 Å². The molecule has 2 atom stereocenters. The molecular formula is C18H20ClN5O. The Balaban J connectivity index is 1.40. The highest BCUT2D eigenvalue weighted by molar-refractivity contribution is 6.24. The predicted octanol–water partition coefficient (Wildman–Crippen LogP) is 3.18. The van der Waals surface area contributed by atoms with E-state index in [-0.39, 0.29) is 16.2 Å². The number of hydrogen-bond donors (Lipinski definition) is 1. The molecule has 4 aliphatic rings. The summed E-state index contributed by atoms with van der Waals surface area (Å²) in [6.45, 7) is 0. The number of aromatic nitrogens is 4. The van der Waals surface area contributed by atoms with Crippen LogP contribution in [0.15, 0.2) is 30.6 Å². The summed E-state index contributed by atoms with van der Waals surface area (Å²) in [5, 5.41) is 14.3. The number of carbonyl (C=O) groups excluding carboxylic acids is 1. The Kier molecular flexibility index (Phi) is 3.23. The second-order valence-electron chi connectivity index (χ2n) is 8.15. The molecule has 2 unspecified atom stereocenters. The number of benzene rings is 1. The first-order chi connectivity index (χ1) is 12.0. The van der Waals surface area contributed by atoms with Crippen molar-refractivity contribution in [2.45, 2.75) is 43.4 Å². The van der Waals surface area contributed by atoms with Crippen LogP contribution in [-0.4, -0.2) is 31.0 Å². The van der Waals surface area contributed by atoms with Crippen LogP contribution in [0.2, 0.25) is 0 Å². The lowest BCUT2D eigenvalue weighted by molar-refractivity contribution is -0.138. The summed E-state index contributed by atoms with van der Waals surface area (Å²) in [4.78, 5) is 13.0. The number of amides is 1. The molecule has 4 bridgehead atoms. The van der Waals surface area contributed by atoms with Gasteiger partial charge in [-0.2, -0.15) is 0 Å². The number of anilines is 1. The number of tetrazole rings is 1. The summed E-state index contributed by atoms with van der Waals surface area (Å²) in [6.07, 6.45) is 7.72. The van der Waals surface area contributed by atoms with Crippen molar-refractivity contribution in [3.63, 3.8) is 0 Å². The molecule has 25 heavy (non-hydrogen) atoms. The van der Waals surface area contributed by atoms with Gasteiger partial charge in [0.05, 0.1) is 11.1 Å². The van der Waals surface area contributed by atoms with Crippen LogP contribution in [0.5, 0.6) is 0 Å². The van der Waals surface area contributed by atoms with E-state index in [4.69, 9.17) is 11.6 Å². The van der Waals surface area contributed by atoms with Crippen LogP contribution in [0.25, 0.3) is 5.69 Å². The second-order valence-corrected chi connectivity index (χ2v) is 8.95. The Hall–Kier alpha value is -1.95. The minimum absolute atomic E-state index is 0.125. The minimum atomic E-state index is -0.295. The highest BCUT2D eigenvalue weighted by Crippen LogP contribution is 2.64. The van der Waals surface area contributed by atoms with Gasteiger partial charge in [0.1, 0.15) is 6.33 Å². The average Bonchev–Trinajstić information content (AvgIpc) is 3.07. The fraction of sp³-hybridized carbons (Fsp3) is 0.556. The van der Waals surface area contributed by atoms with Gasteiger partial charge in [-0.25, -0.2) is 4.68 Å². The summed E-state index contributed by atoms with van der Waals surface area (Å²) in [5.41, 5.74) is 1.30. The zero-order valence-electron chi connectivity index (χ0n) is 13.9. The molecule has 1 amide bonds. The molecule has 1 aromatic heterocycles. The summed E-state index contributed by atoms with van der Waals surface area (Å²) < 4.78 is 1.58. The van der Waals surface area contributed by atoms with Gasteiger partial charge in [0.25, 0.3) is 0 Å². The van der Waals surface area contributed by atoms with Gasteiger partial charge in [-0.1, -0.05) is 6.07 Å². The molecule has 0 aliphatic heterocycles. The number of alkyl halides is 1. The van der Waals surface area contributed by atoms with E-state index in [9.17, 15) is 4.79 Å². The van der Waals surface area contributed by atoms with Crippen LogP contribution in [0, 0.1) is 17.3 Å². The Morgan fingerprint density at radius 2 is 2.04 bits per heavy atom. The third-order valence-corrected chi connectivity index (χ3v) is 6.63. The summed E-state index contributed by atoms with van der Waals surface area (Å²) in [7, 11) is 0. The SMILES string of the molecule is O=C(Nc1cccc(-n2cnnn2)c1)C12CC3CC(CC(Cl)(C3)C1)C2. The number of rotatable bonds is 3. The molecule has 130 valence electrons. The predicted molar refractivity (Wildman–Crippen MR) is 93.5 cm³/mol. The first-order valence-electron chi connectivity index (χ1n) is 8.88. The number of nitrogens with zero attached hydrogens (tertiary/aromatic N) is 4. The molecule has 0 saturated heterocycles. The van der Waals surface area contributed by atoms with Crippen molar-refractivity contribution in [3.05, 3.63) is 30.6 Å². The molecule has 2 aromatic rings. The van der Waals surface area contributed by atoms with E-state index in [1.54, 1.807) is 4.68 Å². The Morgan fingerprint density at radius 1 is 1.24 bits per heavy atom. The van der Waals surface area contributed by atoms with E-state index in [0.717, 1.165) is 43.5 Å². The standard InChI is InChI=1S/C18H20ClN5O/c19-18-8-12-4-13(9-18)7-17(6-12,10-18)16(25)21-14-2-1-3-15(5-14)24-11-20-22-23-24/h1-3,5,11-13H,4,6-10H2,(H,21,25). The minimum Gasteiger partial charge on any atom is -0.326 e. The number of hydrogen-bond acceptors (Lipinski definition) is 4. The van der Waals surface area contributed by atoms with Crippen molar-refractivity contribution < 1.29 is 4.79 Å². The first-order valence-corrected chi connectivity index (χ1v) is 9.25. The molecule has 6 rings (SSSR count). The Labute approximate surface area is 150 Å². The van der Waals surface area contributed by atoms with Crippen LogP contribution < -0.4 is 5.32 Å². The van der Waals surface area contributed by atoms with Crippen molar-refractivity contribution >= 4 is 23.2 Å². The molecule has 1 heterocycles. The van der Waals surface area contributed by atoms with Gasteiger partial charge in [0.15, 0.2) is 0 Å². The van der Waals surface area contributed by atoms with Gasteiger partial charge in [0.2, 0.25) is 5.91 Å². The topological polar surface area (TPSA) is 72.7 Å². The fourth-order valence-electron chi connectivity index (χ4n) is 5.69. The van der Waals surface area contributed by atoms with E-state index < -0.39 is 0 Å². The Bertz CT molecular complexity index is 807. The van der Waals surface area contributed by atoms with Gasteiger partial charge in [-0.3, -0.25) is 4.79 Å². The average molecular weight is 358 g/mol. The second kappa shape index (κ2) is 5.27. The van der Waals surface area contributed by atoms with Crippen LogP contribution in [0.1, 0.15) is 38.5 Å². The van der Waals surface area contributed by atoms with Crippen LogP contribution in [0.4, 0.5) is 5.69 Å². The lowest BCUT2D eigenvalue weighted by Crippen LogP contribution is -2.57. The number of nitrogens with one attached hydrogen (secondary N) is 1. The zero-order valence-corrected chi connectivity index (χ0v) is 14.6. The molecule has 4 aliphatic carbocycles. The largest absolute Gasteiger partial charge is 0.326 e. The van der Waals surface area contributed by atoms with E-state index in [1.807, 2.05) is 24.3 Å². The van der Waals surface area contributed by atoms with Gasteiger partial charge < -0.3 is 5.32 Å². The van der Waals surface area contributed by atoms with Gasteiger partial charge in [-0.15, -0.1) is 16.7 Å².